The Morgan fingerprint density at radius 3 is 2.30 bits per heavy atom. The minimum absolute atomic E-state index is 0.0428. The average Bonchev–Trinajstić information content (AvgIpc) is 3.02. The number of hydrogen-bond donors (Lipinski definition) is 2. The van der Waals surface area contributed by atoms with Gasteiger partial charge in [-0.3, -0.25) is 9.59 Å². The standard InChI is InChI=1S/C34H36ClN5O3/c1-5-38(3)31(22-36)34(43,25-11-9-23(10-12-25)33(42)40-17-15-37(2)16-18-40)26-13-14-30-29(20-26)28(21-32(41)39(30)4)24-7-6-8-27(35)19-24/h5-14,19-22,43H,1,15-18,36H2,2-4H3/b31-22-. The first-order chi connectivity index (χ1) is 20.6. The fourth-order valence-electron chi connectivity index (χ4n) is 5.68. The van der Waals surface area contributed by atoms with Crippen molar-refractivity contribution in [1.82, 2.24) is 19.3 Å². The molecule has 0 aliphatic carbocycles. The summed E-state index contributed by atoms with van der Waals surface area (Å²) in [4.78, 5) is 31.9. The van der Waals surface area contributed by atoms with Crippen molar-refractivity contribution < 1.29 is 9.90 Å². The summed E-state index contributed by atoms with van der Waals surface area (Å²) in [6, 6.07) is 21.4. The molecule has 1 saturated heterocycles. The molecule has 222 valence electrons. The second-order valence-electron chi connectivity index (χ2n) is 10.9. The number of aliphatic hydroxyl groups is 1. The molecule has 0 saturated carbocycles. The second kappa shape index (κ2) is 12.1. The van der Waals surface area contributed by atoms with Gasteiger partial charge >= 0.3 is 0 Å². The van der Waals surface area contributed by atoms with Crippen molar-refractivity contribution in [2.45, 2.75) is 5.60 Å². The van der Waals surface area contributed by atoms with E-state index in [1.807, 2.05) is 36.2 Å². The third-order valence-corrected chi connectivity index (χ3v) is 8.56. The number of piperazine rings is 1. The maximum absolute atomic E-state index is 13.2. The number of carbonyl (C=O) groups excluding carboxylic acids is 1. The van der Waals surface area contributed by atoms with E-state index < -0.39 is 5.60 Å². The lowest BCUT2D eigenvalue weighted by molar-refractivity contribution is 0.0663. The van der Waals surface area contributed by atoms with Gasteiger partial charge in [-0.1, -0.05) is 48.5 Å². The van der Waals surface area contributed by atoms with Crippen LogP contribution in [0.2, 0.25) is 5.02 Å². The number of likely N-dealkylation sites (N-methyl/N-ethyl adjacent to an activating group) is 2. The molecule has 9 heteroatoms. The van der Waals surface area contributed by atoms with Crippen molar-refractivity contribution >= 4 is 28.4 Å². The van der Waals surface area contributed by atoms with Crippen LogP contribution in [0.15, 0.2) is 102 Å². The topological polar surface area (TPSA) is 95.0 Å². The molecule has 1 fully saturated rings. The number of carbonyl (C=O) groups is 1. The van der Waals surface area contributed by atoms with Crippen LogP contribution >= 0.6 is 11.6 Å². The van der Waals surface area contributed by atoms with E-state index in [2.05, 4.69) is 11.5 Å². The second-order valence-corrected chi connectivity index (χ2v) is 11.4. The first-order valence-electron chi connectivity index (χ1n) is 14.1. The highest BCUT2D eigenvalue weighted by Gasteiger charge is 2.38. The van der Waals surface area contributed by atoms with Gasteiger partial charge in [0.2, 0.25) is 0 Å². The van der Waals surface area contributed by atoms with E-state index in [1.54, 1.807) is 78.3 Å². The van der Waals surface area contributed by atoms with E-state index in [0.717, 1.165) is 24.0 Å². The number of nitrogens with two attached hydrogens (primary N) is 1. The number of pyridine rings is 1. The molecule has 3 aromatic carbocycles. The minimum Gasteiger partial charge on any atom is -0.403 e. The number of fused-ring (bicyclic) bond motifs is 1. The van der Waals surface area contributed by atoms with Crippen LogP contribution in [-0.2, 0) is 12.6 Å². The highest BCUT2D eigenvalue weighted by Crippen LogP contribution is 2.40. The SMILES string of the molecule is C=CN(C)/C(=C\N)C(O)(c1ccc(C(=O)N2CCN(C)CC2)cc1)c1ccc2c(c1)c(-c1cccc(Cl)c1)cc(=O)n2C. The van der Waals surface area contributed by atoms with E-state index in [0.29, 0.717) is 51.6 Å². The van der Waals surface area contributed by atoms with Gasteiger partial charge in [0, 0.05) is 68.5 Å². The van der Waals surface area contributed by atoms with Crippen molar-refractivity contribution in [1.29, 1.82) is 0 Å². The maximum atomic E-state index is 13.2. The molecule has 1 aliphatic heterocycles. The van der Waals surface area contributed by atoms with Crippen LogP contribution in [0.25, 0.3) is 22.0 Å². The number of hydrogen-bond acceptors (Lipinski definition) is 6. The van der Waals surface area contributed by atoms with Crippen LogP contribution in [0, 0.1) is 0 Å². The van der Waals surface area contributed by atoms with E-state index in [9.17, 15) is 14.7 Å². The smallest absolute Gasteiger partial charge is 0.253 e. The Hall–Kier alpha value is -4.37. The summed E-state index contributed by atoms with van der Waals surface area (Å²) < 4.78 is 1.57. The monoisotopic (exact) mass is 597 g/mol. The molecule has 5 rings (SSSR count). The highest BCUT2D eigenvalue weighted by molar-refractivity contribution is 6.30. The Morgan fingerprint density at radius 2 is 1.67 bits per heavy atom. The predicted molar refractivity (Wildman–Crippen MR) is 173 cm³/mol. The average molecular weight is 598 g/mol. The lowest BCUT2D eigenvalue weighted by Crippen LogP contribution is -2.47. The molecule has 1 aliphatic rings. The molecule has 3 N–H and O–H groups in total. The normalized spacial score (nSPS) is 15.7. The zero-order valence-corrected chi connectivity index (χ0v) is 25.4. The van der Waals surface area contributed by atoms with Crippen molar-refractivity contribution in [3.63, 3.8) is 0 Å². The van der Waals surface area contributed by atoms with Gasteiger partial charge in [0.05, 0.1) is 11.2 Å². The molecule has 4 aromatic rings. The van der Waals surface area contributed by atoms with Gasteiger partial charge in [-0.25, -0.2) is 0 Å². The van der Waals surface area contributed by atoms with Crippen LogP contribution in [-0.4, -0.2) is 70.6 Å². The fraction of sp³-hybridized carbons (Fsp3) is 0.235. The summed E-state index contributed by atoms with van der Waals surface area (Å²) in [5, 5.41) is 14.0. The summed E-state index contributed by atoms with van der Waals surface area (Å²) in [7, 11) is 5.51. The largest absolute Gasteiger partial charge is 0.403 e. The highest BCUT2D eigenvalue weighted by atomic mass is 35.5. The summed E-state index contributed by atoms with van der Waals surface area (Å²) in [5.41, 5.74) is 8.36. The van der Waals surface area contributed by atoms with Crippen LogP contribution in [0.5, 0.6) is 0 Å². The zero-order valence-electron chi connectivity index (χ0n) is 24.6. The molecular weight excluding hydrogens is 562 g/mol. The zero-order chi connectivity index (χ0) is 30.9. The van der Waals surface area contributed by atoms with E-state index in [4.69, 9.17) is 17.3 Å². The van der Waals surface area contributed by atoms with Crippen LogP contribution in [0.1, 0.15) is 21.5 Å². The molecule has 8 nitrogen and oxygen atoms in total. The first kappa shape index (κ1) is 30.1. The fourth-order valence-corrected chi connectivity index (χ4v) is 5.87. The van der Waals surface area contributed by atoms with Crippen molar-refractivity contribution in [2.75, 3.05) is 40.3 Å². The van der Waals surface area contributed by atoms with E-state index in [-0.39, 0.29) is 11.5 Å². The first-order valence-corrected chi connectivity index (χ1v) is 14.4. The van der Waals surface area contributed by atoms with Crippen molar-refractivity contribution in [3.05, 3.63) is 130 Å². The van der Waals surface area contributed by atoms with Gasteiger partial charge in [-0.05, 0) is 71.9 Å². The molecule has 0 spiro atoms. The Kier molecular flexibility index (Phi) is 8.46. The quantitative estimate of drug-likeness (QED) is 0.329. The molecule has 1 atom stereocenters. The Bertz CT molecular complexity index is 1770. The molecule has 1 aromatic heterocycles. The summed E-state index contributed by atoms with van der Waals surface area (Å²) >= 11 is 6.31. The van der Waals surface area contributed by atoms with Gasteiger partial charge in [-0.15, -0.1) is 0 Å². The van der Waals surface area contributed by atoms with Crippen LogP contribution < -0.4 is 11.3 Å². The van der Waals surface area contributed by atoms with Crippen LogP contribution in [0.4, 0.5) is 0 Å². The van der Waals surface area contributed by atoms with Crippen molar-refractivity contribution in [2.24, 2.45) is 12.8 Å². The Balaban J connectivity index is 1.67. The predicted octanol–water partition coefficient (Wildman–Crippen LogP) is 4.36. The van der Waals surface area contributed by atoms with Gasteiger partial charge in [0.15, 0.2) is 5.60 Å². The van der Waals surface area contributed by atoms with E-state index >= 15 is 0 Å². The number of aromatic nitrogens is 1. The lowest BCUT2D eigenvalue weighted by Gasteiger charge is -2.36. The number of benzene rings is 3. The van der Waals surface area contributed by atoms with Gasteiger partial charge in [0.1, 0.15) is 0 Å². The van der Waals surface area contributed by atoms with E-state index in [1.165, 1.54) is 6.20 Å². The third-order valence-electron chi connectivity index (χ3n) is 8.32. The molecule has 0 bridgehead atoms. The Labute approximate surface area is 256 Å². The van der Waals surface area contributed by atoms with Crippen molar-refractivity contribution in [3.8, 4) is 11.1 Å². The number of rotatable bonds is 7. The third kappa shape index (κ3) is 5.57. The van der Waals surface area contributed by atoms with Crippen LogP contribution in [0.3, 0.4) is 0 Å². The molecule has 1 amide bonds. The number of halogens is 1. The lowest BCUT2D eigenvalue weighted by atomic mass is 9.81. The summed E-state index contributed by atoms with van der Waals surface area (Å²) in [6.45, 7) is 6.86. The molecule has 43 heavy (non-hydrogen) atoms. The Morgan fingerprint density at radius 1 is 1.00 bits per heavy atom. The van der Waals surface area contributed by atoms with Gasteiger partial charge in [-0.2, -0.15) is 0 Å². The number of amides is 1. The summed E-state index contributed by atoms with van der Waals surface area (Å²) in [5.74, 6) is -0.0428. The molecular formula is C34H36ClN5O3. The van der Waals surface area contributed by atoms with Gasteiger partial charge in [0.25, 0.3) is 11.5 Å². The van der Waals surface area contributed by atoms with Gasteiger partial charge < -0.3 is 30.1 Å². The minimum atomic E-state index is -1.73. The number of aryl methyl sites for hydroxylation is 1. The molecule has 0 radical (unpaired) electrons. The molecule has 2 heterocycles. The maximum Gasteiger partial charge on any atom is 0.253 e. The molecule has 1 unspecified atom stereocenters. The number of nitrogens with zero attached hydrogens (tertiary/aromatic N) is 4. The summed E-state index contributed by atoms with van der Waals surface area (Å²) in [6.07, 6.45) is 2.92.